The summed E-state index contributed by atoms with van der Waals surface area (Å²) in [5, 5.41) is 6.53. The van der Waals surface area contributed by atoms with Crippen LogP contribution in [0.1, 0.15) is 33.9 Å². The number of rotatable bonds is 6. The number of methoxy groups -OCH3 is 1. The van der Waals surface area contributed by atoms with Gasteiger partial charge in [-0.3, -0.25) is 9.59 Å². The van der Waals surface area contributed by atoms with Crippen molar-refractivity contribution in [2.45, 2.75) is 12.5 Å². The molecule has 0 N–H and O–H groups in total. The zero-order valence-electron chi connectivity index (χ0n) is 18.7. The van der Waals surface area contributed by atoms with Gasteiger partial charge in [-0.25, -0.2) is 9.40 Å². The van der Waals surface area contributed by atoms with E-state index >= 15 is 0 Å². The van der Waals surface area contributed by atoms with Gasteiger partial charge in [0.1, 0.15) is 18.1 Å². The van der Waals surface area contributed by atoms with E-state index in [1.807, 2.05) is 42.5 Å². The van der Waals surface area contributed by atoms with E-state index in [0.717, 1.165) is 17.2 Å². The predicted molar refractivity (Wildman–Crippen MR) is 129 cm³/mol. The summed E-state index contributed by atoms with van der Waals surface area (Å²) in [4.78, 5) is 27.3. The molecule has 0 aromatic heterocycles. The van der Waals surface area contributed by atoms with Gasteiger partial charge in [0.25, 0.3) is 11.8 Å². The zero-order valence-corrected chi connectivity index (χ0v) is 19.5. The van der Waals surface area contributed by atoms with Crippen molar-refractivity contribution in [2.75, 3.05) is 20.7 Å². The normalized spacial score (nSPS) is 15.1. The molecule has 1 aliphatic rings. The molecule has 3 aromatic rings. The standard InChI is InChI=1S/C26H23ClFN3O3/c1-30(26(33)18-8-5-9-19(28)13-18)16-25(32)31-24(21-11-3-4-12-22(21)27)15-23(29-31)17-7-6-10-20(14-17)34-2/h3-14,24H,15-16H2,1-2H3/t24-/m1/s1. The average molecular weight is 480 g/mol. The number of ether oxygens (including phenoxy) is 1. The molecule has 0 spiro atoms. The second kappa shape index (κ2) is 10.1. The molecule has 1 heterocycles. The molecular weight excluding hydrogens is 457 g/mol. The van der Waals surface area contributed by atoms with Crippen LogP contribution in [0, 0.1) is 5.82 Å². The van der Waals surface area contributed by atoms with Crippen molar-refractivity contribution in [2.24, 2.45) is 5.10 Å². The van der Waals surface area contributed by atoms with Gasteiger partial charge < -0.3 is 9.64 Å². The van der Waals surface area contributed by atoms with Crippen molar-refractivity contribution >= 4 is 29.1 Å². The molecule has 3 aromatic carbocycles. The van der Waals surface area contributed by atoms with Crippen LogP contribution in [0.25, 0.3) is 0 Å². The number of hydrogen-bond donors (Lipinski definition) is 0. The lowest BCUT2D eigenvalue weighted by atomic mass is 9.98. The molecule has 0 radical (unpaired) electrons. The molecule has 2 amide bonds. The molecule has 1 aliphatic heterocycles. The monoisotopic (exact) mass is 479 g/mol. The highest BCUT2D eigenvalue weighted by Gasteiger charge is 2.35. The third-order valence-electron chi connectivity index (χ3n) is 5.62. The molecule has 8 heteroatoms. The van der Waals surface area contributed by atoms with Crippen molar-refractivity contribution in [1.29, 1.82) is 0 Å². The summed E-state index contributed by atoms with van der Waals surface area (Å²) in [5.41, 5.74) is 2.46. The first-order valence-electron chi connectivity index (χ1n) is 10.7. The molecule has 0 saturated heterocycles. The van der Waals surface area contributed by atoms with Crippen LogP contribution in [0.15, 0.2) is 77.9 Å². The number of hydrazone groups is 1. The Kier molecular flexibility index (Phi) is 6.93. The van der Waals surface area contributed by atoms with E-state index in [4.69, 9.17) is 16.3 Å². The van der Waals surface area contributed by atoms with Crippen LogP contribution in [0.4, 0.5) is 4.39 Å². The SMILES string of the molecule is COc1cccc(C2=NN(C(=O)CN(C)C(=O)c3cccc(F)c3)[C@@H](c3ccccc3Cl)C2)c1. The molecular formula is C26H23ClFN3O3. The van der Waals surface area contributed by atoms with Crippen LogP contribution >= 0.6 is 11.6 Å². The number of hydrogen-bond acceptors (Lipinski definition) is 4. The first-order chi connectivity index (χ1) is 16.4. The lowest BCUT2D eigenvalue weighted by Crippen LogP contribution is -2.39. The molecule has 6 nitrogen and oxygen atoms in total. The largest absolute Gasteiger partial charge is 0.497 e. The second-order valence-electron chi connectivity index (χ2n) is 7.93. The number of benzene rings is 3. The number of amides is 2. The Morgan fingerprint density at radius 1 is 1.12 bits per heavy atom. The zero-order chi connectivity index (χ0) is 24.2. The number of likely N-dealkylation sites (N-methyl/N-ethyl adjacent to an activating group) is 1. The maximum absolute atomic E-state index is 13.5. The van der Waals surface area contributed by atoms with Crippen LogP contribution in [-0.2, 0) is 4.79 Å². The minimum Gasteiger partial charge on any atom is -0.497 e. The Labute approximate surface area is 202 Å². The van der Waals surface area contributed by atoms with Crippen LogP contribution in [0.5, 0.6) is 5.75 Å². The molecule has 4 rings (SSSR count). The fourth-order valence-electron chi connectivity index (χ4n) is 3.89. The Morgan fingerprint density at radius 3 is 2.62 bits per heavy atom. The smallest absolute Gasteiger partial charge is 0.262 e. The van der Waals surface area contributed by atoms with E-state index in [2.05, 4.69) is 5.10 Å². The summed E-state index contributed by atoms with van der Waals surface area (Å²) in [5.74, 6) is -0.676. The topological polar surface area (TPSA) is 62.2 Å². The summed E-state index contributed by atoms with van der Waals surface area (Å²) >= 11 is 6.46. The van der Waals surface area contributed by atoms with Crippen LogP contribution < -0.4 is 4.74 Å². The Morgan fingerprint density at radius 2 is 1.88 bits per heavy atom. The van der Waals surface area contributed by atoms with E-state index in [9.17, 15) is 14.0 Å². The Bertz CT molecular complexity index is 1260. The van der Waals surface area contributed by atoms with E-state index in [0.29, 0.717) is 22.9 Å². The van der Waals surface area contributed by atoms with E-state index in [1.165, 1.54) is 35.2 Å². The molecule has 0 fully saturated rings. The van der Waals surface area contributed by atoms with Crippen LogP contribution in [0.2, 0.25) is 5.02 Å². The van der Waals surface area contributed by atoms with Crippen molar-refractivity contribution in [3.05, 3.63) is 100 Å². The summed E-state index contributed by atoms with van der Waals surface area (Å²) in [6.07, 6.45) is 0.449. The Balaban J connectivity index is 1.62. The Hall–Kier alpha value is -3.71. The number of halogens is 2. The summed E-state index contributed by atoms with van der Waals surface area (Å²) < 4.78 is 18.9. The predicted octanol–water partition coefficient (Wildman–Crippen LogP) is 4.94. The van der Waals surface area contributed by atoms with Crippen LogP contribution in [-0.4, -0.2) is 48.1 Å². The van der Waals surface area contributed by atoms with Gasteiger partial charge in [0.05, 0.1) is 18.9 Å². The van der Waals surface area contributed by atoms with Gasteiger partial charge >= 0.3 is 0 Å². The number of carbonyl (C=O) groups excluding carboxylic acids is 2. The lowest BCUT2D eigenvalue weighted by Gasteiger charge is -2.25. The van der Waals surface area contributed by atoms with Crippen molar-refractivity contribution in [1.82, 2.24) is 9.91 Å². The van der Waals surface area contributed by atoms with Gasteiger partial charge in [0.2, 0.25) is 0 Å². The molecule has 0 bridgehead atoms. The van der Waals surface area contributed by atoms with Crippen molar-refractivity contribution < 1.29 is 18.7 Å². The van der Waals surface area contributed by atoms with E-state index in [-0.39, 0.29) is 18.0 Å². The maximum Gasteiger partial charge on any atom is 0.262 e. The lowest BCUT2D eigenvalue weighted by molar-refractivity contribution is -0.133. The number of nitrogens with zero attached hydrogens (tertiary/aromatic N) is 3. The minimum atomic E-state index is -0.517. The first kappa shape index (κ1) is 23.4. The minimum absolute atomic E-state index is 0.167. The van der Waals surface area contributed by atoms with Gasteiger partial charge in [0, 0.05) is 29.6 Å². The quantitative estimate of drug-likeness (QED) is 0.503. The first-order valence-corrected chi connectivity index (χ1v) is 11.0. The third kappa shape index (κ3) is 4.94. The fraction of sp³-hybridized carbons (Fsp3) is 0.192. The van der Waals surface area contributed by atoms with E-state index in [1.54, 1.807) is 13.2 Å². The van der Waals surface area contributed by atoms with Crippen LogP contribution in [0.3, 0.4) is 0 Å². The third-order valence-corrected chi connectivity index (χ3v) is 5.97. The summed E-state index contributed by atoms with van der Waals surface area (Å²) in [6.45, 7) is -0.231. The molecule has 0 aliphatic carbocycles. The van der Waals surface area contributed by atoms with Crippen molar-refractivity contribution in [3.63, 3.8) is 0 Å². The fourth-order valence-corrected chi connectivity index (χ4v) is 4.16. The molecule has 0 saturated carbocycles. The molecule has 1 atom stereocenters. The van der Waals surface area contributed by atoms with Gasteiger partial charge in [-0.15, -0.1) is 0 Å². The van der Waals surface area contributed by atoms with E-state index < -0.39 is 17.8 Å². The molecule has 0 unspecified atom stereocenters. The second-order valence-corrected chi connectivity index (χ2v) is 8.34. The summed E-state index contributed by atoms with van der Waals surface area (Å²) in [6, 6.07) is 19.7. The van der Waals surface area contributed by atoms with Gasteiger partial charge in [-0.05, 0) is 42.0 Å². The molecule has 174 valence electrons. The summed E-state index contributed by atoms with van der Waals surface area (Å²) in [7, 11) is 3.09. The molecule has 34 heavy (non-hydrogen) atoms. The van der Waals surface area contributed by atoms with Gasteiger partial charge in [-0.2, -0.15) is 5.10 Å². The highest BCUT2D eigenvalue weighted by Crippen LogP contribution is 2.36. The van der Waals surface area contributed by atoms with Crippen molar-refractivity contribution in [3.8, 4) is 5.75 Å². The highest BCUT2D eigenvalue weighted by molar-refractivity contribution is 6.31. The maximum atomic E-state index is 13.5. The van der Waals surface area contributed by atoms with Gasteiger partial charge in [0.15, 0.2) is 0 Å². The highest BCUT2D eigenvalue weighted by atomic mass is 35.5. The average Bonchev–Trinajstić information content (AvgIpc) is 3.29. The van der Waals surface area contributed by atoms with Gasteiger partial charge in [-0.1, -0.05) is 48.0 Å². The number of carbonyl (C=O) groups is 2.